The molecule has 11 heavy (non-hydrogen) atoms. The fourth-order valence-electron chi connectivity index (χ4n) is 0.843. The number of ether oxygens (including phenoxy) is 1. The molecule has 1 fully saturated rings. The highest BCUT2D eigenvalue weighted by atomic mass is 16.7. The zero-order valence-electron chi connectivity index (χ0n) is 5.53. The quantitative estimate of drug-likeness (QED) is 0.258. The largest absolute Gasteiger partial charge is 0.387 e. The second-order valence-electron chi connectivity index (χ2n) is 2.39. The molecule has 5 N–H and O–H groups in total. The molecule has 66 valence electrons. The maximum atomic E-state index is 8.89. The minimum Gasteiger partial charge on any atom is -0.387 e. The van der Waals surface area contributed by atoms with Crippen LogP contribution in [0.4, 0.5) is 0 Å². The van der Waals surface area contributed by atoms with Gasteiger partial charge < -0.3 is 30.3 Å². The predicted octanol–water partition coefficient (Wildman–Crippen LogP) is -3.26. The van der Waals surface area contributed by atoms with Gasteiger partial charge in [0, 0.05) is 0 Å². The van der Waals surface area contributed by atoms with Crippen LogP contribution in [-0.4, -0.2) is 56.4 Å². The minimum absolute atomic E-state index is 1.59. The van der Waals surface area contributed by atoms with Gasteiger partial charge in [-0.15, -0.1) is 0 Å². The van der Waals surface area contributed by atoms with Crippen molar-refractivity contribution < 1.29 is 30.3 Å². The van der Waals surface area contributed by atoms with Crippen molar-refractivity contribution in [3.8, 4) is 0 Å². The lowest BCUT2D eigenvalue weighted by atomic mass is 10.0. The Labute approximate surface area is 62.3 Å². The van der Waals surface area contributed by atoms with E-state index in [-0.39, 0.29) is 0 Å². The Morgan fingerprint density at radius 2 is 1.00 bits per heavy atom. The Balaban J connectivity index is 2.63. The fourth-order valence-corrected chi connectivity index (χ4v) is 0.843. The smallest absolute Gasteiger partial charge is 0.186 e. The van der Waals surface area contributed by atoms with Crippen LogP contribution < -0.4 is 0 Å². The lowest BCUT2D eigenvalue weighted by Crippen LogP contribution is -2.57. The Morgan fingerprint density at radius 1 is 0.636 bits per heavy atom. The van der Waals surface area contributed by atoms with Crippen LogP contribution in [0.15, 0.2) is 0 Å². The summed E-state index contributed by atoms with van der Waals surface area (Å²) in [5.41, 5.74) is 0. The van der Waals surface area contributed by atoms with Gasteiger partial charge in [-0.25, -0.2) is 0 Å². The summed E-state index contributed by atoms with van der Waals surface area (Å²) in [4.78, 5) is 0. The van der Waals surface area contributed by atoms with Crippen molar-refractivity contribution in [1.82, 2.24) is 0 Å². The van der Waals surface area contributed by atoms with Crippen molar-refractivity contribution in [3.63, 3.8) is 0 Å². The molecule has 0 amide bonds. The highest BCUT2D eigenvalue weighted by Gasteiger charge is 2.42. The molecular formula is C5H10O6. The molecule has 1 aliphatic heterocycles. The second-order valence-corrected chi connectivity index (χ2v) is 2.39. The van der Waals surface area contributed by atoms with E-state index >= 15 is 0 Å². The monoisotopic (exact) mass is 166 g/mol. The predicted molar refractivity (Wildman–Crippen MR) is 31.1 cm³/mol. The molecule has 5 atom stereocenters. The SMILES string of the molecule is OC1[C@@H](O)[C@H](O)O[C@H](O)[C@H]1O. The van der Waals surface area contributed by atoms with Crippen LogP contribution in [0.1, 0.15) is 0 Å². The first kappa shape index (κ1) is 8.85. The zero-order valence-corrected chi connectivity index (χ0v) is 5.53. The van der Waals surface area contributed by atoms with Crippen LogP contribution in [-0.2, 0) is 4.74 Å². The lowest BCUT2D eigenvalue weighted by Gasteiger charge is -2.35. The molecule has 0 spiro atoms. The summed E-state index contributed by atoms with van der Waals surface area (Å²) in [7, 11) is 0. The van der Waals surface area contributed by atoms with E-state index in [1.54, 1.807) is 0 Å². The summed E-state index contributed by atoms with van der Waals surface area (Å²) in [6.45, 7) is 0. The van der Waals surface area contributed by atoms with Gasteiger partial charge >= 0.3 is 0 Å². The van der Waals surface area contributed by atoms with E-state index in [0.29, 0.717) is 0 Å². The summed E-state index contributed by atoms with van der Waals surface area (Å²) in [6, 6.07) is 0. The van der Waals surface area contributed by atoms with Gasteiger partial charge in [0.15, 0.2) is 12.6 Å². The summed E-state index contributed by atoms with van der Waals surface area (Å²) >= 11 is 0. The van der Waals surface area contributed by atoms with Gasteiger partial charge in [-0.05, 0) is 0 Å². The molecule has 0 aliphatic carbocycles. The van der Waals surface area contributed by atoms with Crippen molar-refractivity contribution in [2.45, 2.75) is 30.9 Å². The maximum absolute atomic E-state index is 8.89. The Hall–Kier alpha value is -0.240. The highest BCUT2D eigenvalue weighted by molar-refractivity contribution is 4.83. The summed E-state index contributed by atoms with van der Waals surface area (Å²) in [6.07, 6.45) is -8.10. The van der Waals surface area contributed by atoms with Crippen LogP contribution >= 0.6 is 0 Å². The third-order valence-corrected chi connectivity index (χ3v) is 1.56. The molecule has 1 saturated heterocycles. The Bertz CT molecular complexity index is 125. The van der Waals surface area contributed by atoms with E-state index in [1.165, 1.54) is 0 Å². The Morgan fingerprint density at radius 3 is 1.36 bits per heavy atom. The standard InChI is InChI=1S/C5H10O6/c6-1-2(7)4(9)11-5(10)3(1)8/h1-10H/t1?,2-,3+,4-,5+. The van der Waals surface area contributed by atoms with Crippen LogP contribution in [0.3, 0.4) is 0 Å². The maximum Gasteiger partial charge on any atom is 0.186 e. The molecular weight excluding hydrogens is 156 g/mol. The van der Waals surface area contributed by atoms with Gasteiger partial charge in [0.25, 0.3) is 0 Å². The van der Waals surface area contributed by atoms with Crippen molar-refractivity contribution >= 4 is 0 Å². The van der Waals surface area contributed by atoms with Crippen molar-refractivity contribution in [2.24, 2.45) is 0 Å². The molecule has 0 radical (unpaired) electrons. The molecule has 6 nitrogen and oxygen atoms in total. The van der Waals surface area contributed by atoms with Crippen molar-refractivity contribution in [2.75, 3.05) is 0 Å². The van der Waals surface area contributed by atoms with Crippen molar-refractivity contribution in [3.05, 3.63) is 0 Å². The third-order valence-electron chi connectivity index (χ3n) is 1.56. The molecule has 0 aromatic carbocycles. The van der Waals surface area contributed by atoms with E-state index in [1.807, 2.05) is 0 Å². The molecule has 0 aromatic heterocycles. The van der Waals surface area contributed by atoms with Crippen molar-refractivity contribution in [1.29, 1.82) is 0 Å². The third kappa shape index (κ3) is 1.51. The van der Waals surface area contributed by atoms with Crippen LogP contribution in [0.25, 0.3) is 0 Å². The van der Waals surface area contributed by atoms with Gasteiger partial charge in [-0.3, -0.25) is 0 Å². The van der Waals surface area contributed by atoms with Crippen LogP contribution in [0.5, 0.6) is 0 Å². The molecule has 1 unspecified atom stereocenters. The number of hydrogen-bond donors (Lipinski definition) is 5. The molecule has 0 bridgehead atoms. The molecule has 6 heteroatoms. The molecule has 1 heterocycles. The summed E-state index contributed by atoms with van der Waals surface area (Å²) in [5, 5.41) is 44.0. The highest BCUT2D eigenvalue weighted by Crippen LogP contribution is 2.17. The minimum atomic E-state index is -1.66. The molecule has 0 saturated carbocycles. The number of rotatable bonds is 0. The number of aliphatic hydroxyl groups excluding tert-OH is 5. The van der Waals surface area contributed by atoms with Gasteiger partial charge in [0.1, 0.15) is 18.3 Å². The Kier molecular flexibility index (Phi) is 2.43. The van der Waals surface area contributed by atoms with Gasteiger partial charge in [0.2, 0.25) is 0 Å². The van der Waals surface area contributed by atoms with Crippen LogP contribution in [0, 0.1) is 0 Å². The average molecular weight is 166 g/mol. The van der Waals surface area contributed by atoms with Gasteiger partial charge in [0.05, 0.1) is 0 Å². The van der Waals surface area contributed by atoms with E-state index in [9.17, 15) is 0 Å². The summed E-state index contributed by atoms with van der Waals surface area (Å²) < 4.78 is 4.23. The first-order chi connectivity index (χ1) is 5.04. The molecule has 1 rings (SSSR count). The van der Waals surface area contributed by atoms with E-state index in [0.717, 1.165) is 0 Å². The first-order valence-corrected chi connectivity index (χ1v) is 3.10. The van der Waals surface area contributed by atoms with Gasteiger partial charge in [-0.2, -0.15) is 0 Å². The average Bonchev–Trinajstić information content (AvgIpc) is 1.97. The molecule has 1 aliphatic rings. The normalized spacial score (nSPS) is 52.6. The zero-order chi connectivity index (χ0) is 8.59. The first-order valence-electron chi connectivity index (χ1n) is 3.10. The van der Waals surface area contributed by atoms with Crippen LogP contribution in [0.2, 0.25) is 0 Å². The lowest BCUT2D eigenvalue weighted by molar-refractivity contribution is -0.328. The topological polar surface area (TPSA) is 110 Å². The summed E-state index contributed by atoms with van der Waals surface area (Å²) in [5.74, 6) is 0. The van der Waals surface area contributed by atoms with E-state index < -0.39 is 30.9 Å². The fraction of sp³-hybridized carbons (Fsp3) is 1.00. The molecule has 0 aromatic rings. The number of aliphatic hydroxyl groups is 5. The van der Waals surface area contributed by atoms with E-state index in [4.69, 9.17) is 25.5 Å². The second kappa shape index (κ2) is 3.02. The number of hydrogen-bond acceptors (Lipinski definition) is 6. The van der Waals surface area contributed by atoms with E-state index in [2.05, 4.69) is 4.74 Å². The van der Waals surface area contributed by atoms with Gasteiger partial charge in [-0.1, -0.05) is 0 Å².